The molecule has 0 unspecified atom stereocenters. The maximum Gasteiger partial charge on any atom is 0.263 e. The third-order valence-corrected chi connectivity index (χ3v) is 4.42. The van der Waals surface area contributed by atoms with E-state index >= 15 is 0 Å². The van der Waals surface area contributed by atoms with Gasteiger partial charge < -0.3 is 5.32 Å². The van der Waals surface area contributed by atoms with Gasteiger partial charge in [0, 0.05) is 12.2 Å². The smallest absolute Gasteiger partial charge is 0.263 e. The van der Waals surface area contributed by atoms with E-state index < -0.39 is 15.8 Å². The Balaban J connectivity index is 1.90. The molecular formula is C13H12FN3O2S. The van der Waals surface area contributed by atoms with Gasteiger partial charge in [0.1, 0.15) is 11.6 Å². The first-order chi connectivity index (χ1) is 9.54. The minimum absolute atomic E-state index is 0.0832. The minimum Gasteiger partial charge on any atom is -0.384 e. The van der Waals surface area contributed by atoms with Crippen molar-refractivity contribution in [1.82, 2.24) is 4.98 Å². The van der Waals surface area contributed by atoms with Crippen LogP contribution in [0.1, 0.15) is 5.56 Å². The van der Waals surface area contributed by atoms with Gasteiger partial charge in [-0.05, 0) is 36.2 Å². The molecule has 1 aromatic carbocycles. The van der Waals surface area contributed by atoms with Gasteiger partial charge in [-0.3, -0.25) is 4.72 Å². The molecule has 1 aliphatic heterocycles. The summed E-state index contributed by atoms with van der Waals surface area (Å²) in [4.78, 5) is 3.83. The molecule has 0 amide bonds. The fraction of sp³-hybridized carbons (Fsp3) is 0.154. The lowest BCUT2D eigenvalue weighted by Gasteiger charge is -2.08. The highest BCUT2D eigenvalue weighted by Gasteiger charge is 2.18. The number of sulfonamides is 1. The lowest BCUT2D eigenvalue weighted by Crippen LogP contribution is -2.14. The predicted octanol–water partition coefficient (Wildman–Crippen LogP) is 1.99. The SMILES string of the molecule is O=S(=O)(Nc1ccc(F)cn1)c1ccc2c(c1)NCC2. The molecule has 0 fully saturated rings. The number of rotatable bonds is 3. The second-order valence-electron chi connectivity index (χ2n) is 4.46. The number of hydrogen-bond acceptors (Lipinski definition) is 4. The van der Waals surface area contributed by atoms with E-state index in [0.29, 0.717) is 0 Å². The molecule has 20 heavy (non-hydrogen) atoms. The summed E-state index contributed by atoms with van der Waals surface area (Å²) in [7, 11) is -3.72. The standard InChI is InChI=1S/C13H12FN3O2S/c14-10-2-4-13(16-8-10)17-20(18,19)11-3-1-9-5-6-15-12(9)7-11/h1-4,7-8,15H,5-6H2,(H,16,17). The third kappa shape index (κ3) is 2.44. The average Bonchev–Trinajstić information content (AvgIpc) is 2.88. The van der Waals surface area contributed by atoms with Crippen LogP contribution in [0.25, 0.3) is 0 Å². The second-order valence-corrected chi connectivity index (χ2v) is 6.15. The summed E-state index contributed by atoms with van der Waals surface area (Å²) in [6.45, 7) is 0.811. The van der Waals surface area contributed by atoms with Crippen LogP contribution in [0.4, 0.5) is 15.9 Å². The van der Waals surface area contributed by atoms with Crippen LogP contribution in [0.3, 0.4) is 0 Å². The monoisotopic (exact) mass is 293 g/mol. The molecule has 2 heterocycles. The predicted molar refractivity (Wildman–Crippen MR) is 73.6 cm³/mol. The second kappa shape index (κ2) is 4.75. The quantitative estimate of drug-likeness (QED) is 0.908. The van der Waals surface area contributed by atoms with Gasteiger partial charge >= 0.3 is 0 Å². The molecular weight excluding hydrogens is 281 g/mol. The van der Waals surface area contributed by atoms with Crippen LogP contribution in [0.5, 0.6) is 0 Å². The molecule has 104 valence electrons. The zero-order chi connectivity index (χ0) is 14.2. The highest BCUT2D eigenvalue weighted by atomic mass is 32.2. The molecule has 1 aromatic heterocycles. The van der Waals surface area contributed by atoms with E-state index in [9.17, 15) is 12.8 Å². The highest BCUT2D eigenvalue weighted by Crippen LogP contribution is 2.26. The Morgan fingerprint density at radius 1 is 1.25 bits per heavy atom. The van der Waals surface area contributed by atoms with Crippen molar-refractivity contribution in [2.75, 3.05) is 16.6 Å². The van der Waals surface area contributed by atoms with Gasteiger partial charge in [0.15, 0.2) is 0 Å². The molecule has 0 spiro atoms. The van der Waals surface area contributed by atoms with Crippen molar-refractivity contribution in [3.8, 4) is 0 Å². The Hall–Kier alpha value is -2.15. The van der Waals surface area contributed by atoms with E-state index in [0.717, 1.165) is 36.5 Å². The van der Waals surface area contributed by atoms with Crippen LogP contribution in [0.2, 0.25) is 0 Å². The number of fused-ring (bicyclic) bond motifs is 1. The van der Waals surface area contributed by atoms with Crippen LogP contribution in [0.15, 0.2) is 41.4 Å². The van der Waals surface area contributed by atoms with Crippen molar-refractivity contribution < 1.29 is 12.8 Å². The molecule has 2 aromatic rings. The van der Waals surface area contributed by atoms with Crippen molar-refractivity contribution in [3.63, 3.8) is 0 Å². The summed E-state index contributed by atoms with van der Waals surface area (Å²) in [5.74, 6) is -0.436. The van der Waals surface area contributed by atoms with Crippen molar-refractivity contribution in [2.24, 2.45) is 0 Å². The molecule has 2 N–H and O–H groups in total. The molecule has 7 heteroatoms. The first kappa shape index (κ1) is 12.9. The fourth-order valence-corrected chi connectivity index (χ4v) is 3.10. The van der Waals surface area contributed by atoms with Gasteiger partial charge in [-0.2, -0.15) is 0 Å². The number of halogens is 1. The maximum absolute atomic E-state index is 12.7. The van der Waals surface area contributed by atoms with Gasteiger partial charge in [-0.15, -0.1) is 0 Å². The van der Waals surface area contributed by atoms with E-state index in [1.54, 1.807) is 18.2 Å². The number of benzene rings is 1. The molecule has 0 aliphatic carbocycles. The van der Waals surface area contributed by atoms with Gasteiger partial charge in [-0.1, -0.05) is 6.07 Å². The zero-order valence-corrected chi connectivity index (χ0v) is 11.2. The fourth-order valence-electron chi connectivity index (χ4n) is 2.07. The molecule has 0 saturated carbocycles. The summed E-state index contributed by atoms with van der Waals surface area (Å²) in [5.41, 5.74) is 1.93. The van der Waals surface area contributed by atoms with Gasteiger partial charge in [0.25, 0.3) is 10.0 Å². The van der Waals surface area contributed by atoms with Gasteiger partial charge in [0.05, 0.1) is 11.1 Å². The number of aromatic nitrogens is 1. The largest absolute Gasteiger partial charge is 0.384 e. The number of pyridine rings is 1. The van der Waals surface area contributed by atoms with Crippen LogP contribution in [0, 0.1) is 5.82 Å². The summed E-state index contributed by atoms with van der Waals surface area (Å²) in [6.07, 6.45) is 1.85. The van der Waals surface area contributed by atoms with E-state index in [1.807, 2.05) is 0 Å². The highest BCUT2D eigenvalue weighted by molar-refractivity contribution is 7.92. The molecule has 1 aliphatic rings. The number of anilines is 2. The van der Waals surface area contributed by atoms with Gasteiger partial charge in [0.2, 0.25) is 0 Å². The molecule has 5 nitrogen and oxygen atoms in total. The summed E-state index contributed by atoms with van der Waals surface area (Å²) < 4.78 is 39.5. The van der Waals surface area contributed by atoms with Crippen molar-refractivity contribution in [2.45, 2.75) is 11.3 Å². The van der Waals surface area contributed by atoms with Crippen LogP contribution >= 0.6 is 0 Å². The zero-order valence-electron chi connectivity index (χ0n) is 10.4. The number of nitrogens with zero attached hydrogens (tertiary/aromatic N) is 1. The lowest BCUT2D eigenvalue weighted by atomic mass is 10.2. The van der Waals surface area contributed by atoms with E-state index in [4.69, 9.17) is 0 Å². The number of nitrogens with one attached hydrogen (secondary N) is 2. The van der Waals surface area contributed by atoms with E-state index in [2.05, 4.69) is 15.0 Å². The minimum atomic E-state index is -3.72. The molecule has 0 atom stereocenters. The lowest BCUT2D eigenvalue weighted by molar-refractivity contribution is 0.600. The van der Waals surface area contributed by atoms with Crippen molar-refractivity contribution >= 4 is 21.5 Å². The van der Waals surface area contributed by atoms with Crippen LogP contribution in [-0.4, -0.2) is 19.9 Å². The van der Waals surface area contributed by atoms with E-state index in [1.165, 1.54) is 6.07 Å². The molecule has 0 bridgehead atoms. The number of hydrogen-bond donors (Lipinski definition) is 2. The van der Waals surface area contributed by atoms with Crippen LogP contribution < -0.4 is 10.0 Å². The Morgan fingerprint density at radius 3 is 2.85 bits per heavy atom. The van der Waals surface area contributed by atoms with Gasteiger partial charge in [-0.25, -0.2) is 17.8 Å². The first-order valence-corrected chi connectivity index (χ1v) is 7.54. The van der Waals surface area contributed by atoms with Crippen molar-refractivity contribution in [1.29, 1.82) is 0 Å². The summed E-state index contributed by atoms with van der Waals surface area (Å²) in [6, 6.07) is 7.36. The summed E-state index contributed by atoms with van der Waals surface area (Å²) in [5, 5.41) is 3.13. The maximum atomic E-state index is 12.7. The third-order valence-electron chi connectivity index (χ3n) is 3.07. The molecule has 3 rings (SSSR count). The topological polar surface area (TPSA) is 71.1 Å². The Kier molecular flexibility index (Phi) is 3.06. The Bertz CT molecular complexity index is 745. The molecule has 0 radical (unpaired) electrons. The Labute approximate surface area is 115 Å². The van der Waals surface area contributed by atoms with Crippen molar-refractivity contribution in [3.05, 3.63) is 47.9 Å². The Morgan fingerprint density at radius 2 is 2.10 bits per heavy atom. The first-order valence-electron chi connectivity index (χ1n) is 6.06. The van der Waals surface area contributed by atoms with E-state index in [-0.39, 0.29) is 10.7 Å². The average molecular weight is 293 g/mol. The molecule has 0 saturated heterocycles. The summed E-state index contributed by atoms with van der Waals surface area (Å²) >= 11 is 0. The normalized spacial score (nSPS) is 13.7. The van der Waals surface area contributed by atoms with Crippen LogP contribution in [-0.2, 0) is 16.4 Å².